The van der Waals surface area contributed by atoms with Gasteiger partial charge in [0, 0.05) is 54.6 Å². The van der Waals surface area contributed by atoms with Crippen molar-refractivity contribution in [3.05, 3.63) is 77.3 Å². The number of nitrogens with zero attached hydrogens (tertiary/aromatic N) is 2. The third kappa shape index (κ3) is 4.68. The predicted molar refractivity (Wildman–Crippen MR) is 109 cm³/mol. The number of benzene rings is 2. The minimum atomic E-state index is -0.177. The van der Waals surface area contributed by atoms with Gasteiger partial charge in [0.05, 0.1) is 0 Å². The number of carbonyl (C=O) groups excluding carboxylic acids is 2. The van der Waals surface area contributed by atoms with Gasteiger partial charge in [0.2, 0.25) is 0 Å². The first-order valence-corrected chi connectivity index (χ1v) is 9.25. The summed E-state index contributed by atoms with van der Waals surface area (Å²) in [6, 6.07) is 14.5. The molecule has 6 heteroatoms. The van der Waals surface area contributed by atoms with Crippen molar-refractivity contribution >= 4 is 29.1 Å². The van der Waals surface area contributed by atoms with E-state index < -0.39 is 0 Å². The van der Waals surface area contributed by atoms with E-state index in [4.69, 9.17) is 11.6 Å². The van der Waals surface area contributed by atoms with E-state index in [9.17, 15) is 9.59 Å². The molecule has 0 unspecified atom stereocenters. The number of rotatable bonds is 5. The van der Waals surface area contributed by atoms with E-state index in [1.54, 1.807) is 30.3 Å². The standard InChI is InChI=1S/C21H22ClN3O2/c1-2-10-23-20(26)16-6-8-17(9-7-16)21(27)25-13-11-24(12-14-25)19-5-3-4-18(22)15-19/h2-9,15H,1,10-14H2,(H,23,26). The van der Waals surface area contributed by atoms with Crippen LogP contribution in [0, 0.1) is 0 Å². The molecular formula is C21H22ClN3O2. The molecular weight excluding hydrogens is 362 g/mol. The second-order valence-electron chi connectivity index (χ2n) is 6.34. The zero-order chi connectivity index (χ0) is 19.2. The van der Waals surface area contributed by atoms with Gasteiger partial charge >= 0.3 is 0 Å². The summed E-state index contributed by atoms with van der Waals surface area (Å²) in [5.41, 5.74) is 2.19. The zero-order valence-corrected chi connectivity index (χ0v) is 15.8. The highest BCUT2D eigenvalue weighted by Gasteiger charge is 2.22. The molecule has 1 aliphatic heterocycles. The van der Waals surface area contributed by atoms with Crippen molar-refractivity contribution in [1.82, 2.24) is 10.2 Å². The predicted octanol–water partition coefficient (Wildman–Crippen LogP) is 3.22. The summed E-state index contributed by atoms with van der Waals surface area (Å²) in [5, 5.41) is 3.43. The van der Waals surface area contributed by atoms with Crippen LogP contribution in [0.1, 0.15) is 20.7 Å². The molecule has 1 heterocycles. The summed E-state index contributed by atoms with van der Waals surface area (Å²) >= 11 is 6.06. The van der Waals surface area contributed by atoms with Crippen LogP contribution in [0.4, 0.5) is 5.69 Å². The molecule has 1 N–H and O–H groups in total. The molecule has 0 aliphatic carbocycles. The lowest BCUT2D eigenvalue weighted by Gasteiger charge is -2.36. The summed E-state index contributed by atoms with van der Waals surface area (Å²) < 4.78 is 0. The molecule has 0 atom stereocenters. The molecule has 3 rings (SSSR count). The van der Waals surface area contributed by atoms with E-state index in [-0.39, 0.29) is 11.8 Å². The van der Waals surface area contributed by atoms with Crippen LogP contribution in [0.2, 0.25) is 5.02 Å². The molecule has 2 amide bonds. The molecule has 27 heavy (non-hydrogen) atoms. The van der Waals surface area contributed by atoms with Gasteiger partial charge in [0.15, 0.2) is 0 Å². The first-order valence-electron chi connectivity index (χ1n) is 8.87. The fourth-order valence-corrected chi connectivity index (χ4v) is 3.24. The fourth-order valence-electron chi connectivity index (χ4n) is 3.05. The largest absolute Gasteiger partial charge is 0.368 e. The highest BCUT2D eigenvalue weighted by Crippen LogP contribution is 2.21. The van der Waals surface area contributed by atoms with Crippen LogP contribution in [0.25, 0.3) is 0 Å². The Bertz CT molecular complexity index is 828. The van der Waals surface area contributed by atoms with Crippen LogP contribution in [-0.2, 0) is 0 Å². The number of anilines is 1. The van der Waals surface area contributed by atoms with Gasteiger partial charge in [0.25, 0.3) is 11.8 Å². The number of hydrogen-bond acceptors (Lipinski definition) is 3. The van der Waals surface area contributed by atoms with E-state index in [0.717, 1.165) is 18.8 Å². The molecule has 2 aromatic rings. The van der Waals surface area contributed by atoms with E-state index in [1.165, 1.54) is 0 Å². The van der Waals surface area contributed by atoms with Crippen LogP contribution in [0.5, 0.6) is 0 Å². The Kier molecular flexibility index (Phi) is 6.14. The first-order chi connectivity index (χ1) is 13.1. The Morgan fingerprint density at radius 3 is 2.33 bits per heavy atom. The summed E-state index contributed by atoms with van der Waals surface area (Å²) in [4.78, 5) is 28.7. The molecule has 1 fully saturated rings. The van der Waals surface area contributed by atoms with E-state index in [2.05, 4.69) is 16.8 Å². The lowest BCUT2D eigenvalue weighted by Crippen LogP contribution is -2.48. The van der Waals surface area contributed by atoms with Gasteiger partial charge in [-0.25, -0.2) is 0 Å². The normalized spacial score (nSPS) is 14.0. The number of halogens is 1. The van der Waals surface area contributed by atoms with Gasteiger partial charge < -0.3 is 15.1 Å². The van der Waals surface area contributed by atoms with Gasteiger partial charge in [-0.15, -0.1) is 6.58 Å². The Morgan fingerprint density at radius 2 is 1.70 bits per heavy atom. The van der Waals surface area contributed by atoms with Gasteiger partial charge in [0.1, 0.15) is 0 Å². The van der Waals surface area contributed by atoms with Gasteiger partial charge in [-0.2, -0.15) is 0 Å². The van der Waals surface area contributed by atoms with Crippen LogP contribution in [0.15, 0.2) is 61.2 Å². The molecule has 0 aromatic heterocycles. The van der Waals surface area contributed by atoms with Crippen LogP contribution >= 0.6 is 11.6 Å². The monoisotopic (exact) mass is 383 g/mol. The molecule has 0 spiro atoms. The summed E-state index contributed by atoms with van der Waals surface area (Å²) in [7, 11) is 0. The Labute approximate surface area is 164 Å². The fraction of sp³-hybridized carbons (Fsp3) is 0.238. The van der Waals surface area contributed by atoms with Crippen molar-refractivity contribution in [2.75, 3.05) is 37.6 Å². The SMILES string of the molecule is C=CCNC(=O)c1ccc(C(=O)N2CCN(c3cccc(Cl)c3)CC2)cc1. The van der Waals surface area contributed by atoms with Crippen molar-refractivity contribution in [3.63, 3.8) is 0 Å². The van der Waals surface area contributed by atoms with Crippen molar-refractivity contribution in [1.29, 1.82) is 0 Å². The smallest absolute Gasteiger partial charge is 0.253 e. The number of hydrogen-bond donors (Lipinski definition) is 1. The number of carbonyl (C=O) groups is 2. The number of piperazine rings is 1. The Balaban J connectivity index is 1.59. The van der Waals surface area contributed by atoms with Gasteiger partial charge in [-0.3, -0.25) is 9.59 Å². The average molecular weight is 384 g/mol. The van der Waals surface area contributed by atoms with Crippen molar-refractivity contribution in [2.45, 2.75) is 0 Å². The van der Waals surface area contributed by atoms with Crippen molar-refractivity contribution in [3.8, 4) is 0 Å². The molecule has 5 nitrogen and oxygen atoms in total. The van der Waals surface area contributed by atoms with Crippen LogP contribution in [0.3, 0.4) is 0 Å². The highest BCUT2D eigenvalue weighted by atomic mass is 35.5. The number of amides is 2. The zero-order valence-electron chi connectivity index (χ0n) is 15.0. The van der Waals surface area contributed by atoms with Gasteiger partial charge in [-0.1, -0.05) is 23.7 Å². The summed E-state index contributed by atoms with van der Waals surface area (Å²) in [6.45, 7) is 6.79. The molecule has 0 saturated carbocycles. The van der Waals surface area contributed by atoms with Crippen LogP contribution < -0.4 is 10.2 Å². The summed E-state index contributed by atoms with van der Waals surface area (Å²) in [5.74, 6) is -0.192. The molecule has 1 aliphatic rings. The Morgan fingerprint density at radius 1 is 1.04 bits per heavy atom. The molecule has 2 aromatic carbocycles. The molecule has 1 saturated heterocycles. The maximum atomic E-state index is 12.7. The number of nitrogens with one attached hydrogen (secondary N) is 1. The van der Waals surface area contributed by atoms with Gasteiger partial charge in [-0.05, 0) is 42.5 Å². The minimum Gasteiger partial charge on any atom is -0.368 e. The molecule has 140 valence electrons. The second kappa shape index (κ2) is 8.73. The van der Waals surface area contributed by atoms with E-state index in [0.29, 0.717) is 35.8 Å². The lowest BCUT2D eigenvalue weighted by atomic mass is 10.1. The summed E-state index contributed by atoms with van der Waals surface area (Å²) in [6.07, 6.45) is 1.62. The third-order valence-corrected chi connectivity index (χ3v) is 4.78. The molecule has 0 bridgehead atoms. The topological polar surface area (TPSA) is 52.7 Å². The van der Waals surface area contributed by atoms with E-state index in [1.807, 2.05) is 29.2 Å². The van der Waals surface area contributed by atoms with Crippen LogP contribution in [-0.4, -0.2) is 49.4 Å². The van der Waals surface area contributed by atoms with E-state index >= 15 is 0 Å². The highest BCUT2D eigenvalue weighted by molar-refractivity contribution is 6.30. The van der Waals surface area contributed by atoms with Crippen molar-refractivity contribution < 1.29 is 9.59 Å². The maximum Gasteiger partial charge on any atom is 0.253 e. The third-order valence-electron chi connectivity index (χ3n) is 4.54. The maximum absolute atomic E-state index is 12.7. The first kappa shape index (κ1) is 19.0. The minimum absolute atomic E-state index is 0.0150. The average Bonchev–Trinajstić information content (AvgIpc) is 2.71. The molecule has 0 radical (unpaired) electrons. The lowest BCUT2D eigenvalue weighted by molar-refractivity contribution is 0.0746. The second-order valence-corrected chi connectivity index (χ2v) is 6.77. The Hall–Kier alpha value is -2.79. The quantitative estimate of drug-likeness (QED) is 0.806. The van der Waals surface area contributed by atoms with Crippen molar-refractivity contribution in [2.24, 2.45) is 0 Å².